The molecule has 0 spiro atoms. The second-order valence-electron chi connectivity index (χ2n) is 4.04. The molecule has 0 bridgehead atoms. The Bertz CT molecular complexity index is 581. The summed E-state index contributed by atoms with van der Waals surface area (Å²) in [5, 5.41) is 0.921. The van der Waals surface area contributed by atoms with Gasteiger partial charge in [-0.05, 0) is 41.8 Å². The smallest absolute Gasteiger partial charge is 0.0849 e. The third-order valence-electron chi connectivity index (χ3n) is 2.71. The molecule has 0 saturated heterocycles. The molecule has 0 aromatic heterocycles. The molecule has 0 N–H and O–H groups in total. The lowest BCUT2D eigenvalue weighted by molar-refractivity contribution is 1.13. The molecule has 4 heteroatoms. The highest BCUT2D eigenvalue weighted by Crippen LogP contribution is 2.36. The molecule has 0 aliphatic carbocycles. The van der Waals surface area contributed by atoms with Gasteiger partial charge in [-0.1, -0.05) is 57.3 Å². The summed E-state index contributed by atoms with van der Waals surface area (Å²) in [7, 11) is 0. The van der Waals surface area contributed by atoms with Crippen LogP contribution in [0.2, 0.25) is 10.0 Å². The first-order valence-corrected chi connectivity index (χ1v) is 7.32. The molecule has 2 rings (SSSR count). The molecular formula is C14H10BrCl3. The number of benzene rings is 2. The van der Waals surface area contributed by atoms with Crippen LogP contribution in [0, 0.1) is 6.92 Å². The van der Waals surface area contributed by atoms with Crippen molar-refractivity contribution in [3.63, 3.8) is 0 Å². The molecule has 1 unspecified atom stereocenters. The van der Waals surface area contributed by atoms with Gasteiger partial charge in [-0.2, -0.15) is 0 Å². The van der Waals surface area contributed by atoms with E-state index in [1.807, 2.05) is 31.2 Å². The molecule has 94 valence electrons. The zero-order valence-electron chi connectivity index (χ0n) is 9.55. The van der Waals surface area contributed by atoms with Crippen molar-refractivity contribution in [2.45, 2.75) is 12.3 Å². The van der Waals surface area contributed by atoms with Crippen LogP contribution in [-0.2, 0) is 0 Å². The van der Waals surface area contributed by atoms with Crippen LogP contribution in [0.4, 0.5) is 0 Å². The van der Waals surface area contributed by atoms with Gasteiger partial charge >= 0.3 is 0 Å². The van der Waals surface area contributed by atoms with Crippen LogP contribution in [0.15, 0.2) is 40.9 Å². The topological polar surface area (TPSA) is 0 Å². The summed E-state index contributed by atoms with van der Waals surface area (Å²) in [6.45, 7) is 2.03. The number of aryl methyl sites for hydroxylation is 1. The zero-order chi connectivity index (χ0) is 13.3. The van der Waals surface area contributed by atoms with Gasteiger partial charge in [0.05, 0.1) is 5.38 Å². The van der Waals surface area contributed by atoms with Gasteiger partial charge in [0.2, 0.25) is 0 Å². The molecule has 1 atom stereocenters. The third kappa shape index (κ3) is 3.03. The lowest BCUT2D eigenvalue weighted by Crippen LogP contribution is -1.95. The summed E-state index contributed by atoms with van der Waals surface area (Å²) < 4.78 is 1.07. The second kappa shape index (κ2) is 5.83. The second-order valence-corrected chi connectivity index (χ2v) is 6.17. The van der Waals surface area contributed by atoms with Crippen LogP contribution in [0.25, 0.3) is 0 Å². The predicted octanol–water partition coefficient (Wildman–Crippen LogP) is 6.39. The van der Waals surface area contributed by atoms with Gasteiger partial charge in [-0.25, -0.2) is 0 Å². The molecule has 2 aromatic carbocycles. The molecule has 0 aliphatic rings. The minimum atomic E-state index is -0.276. The van der Waals surface area contributed by atoms with Gasteiger partial charge in [-0.15, -0.1) is 11.6 Å². The SMILES string of the molecule is Cc1cc(C(Cl)c2ccc(Cl)cc2Cl)ccc1Br. The van der Waals surface area contributed by atoms with Crippen LogP contribution in [0.3, 0.4) is 0 Å². The van der Waals surface area contributed by atoms with Gasteiger partial charge in [-0.3, -0.25) is 0 Å². The fourth-order valence-electron chi connectivity index (χ4n) is 1.71. The Kier molecular flexibility index (Phi) is 4.60. The van der Waals surface area contributed by atoms with Gasteiger partial charge in [0.15, 0.2) is 0 Å². The van der Waals surface area contributed by atoms with E-state index in [-0.39, 0.29) is 5.38 Å². The fraction of sp³-hybridized carbons (Fsp3) is 0.143. The lowest BCUT2D eigenvalue weighted by atomic mass is 10.0. The highest BCUT2D eigenvalue weighted by Gasteiger charge is 2.15. The van der Waals surface area contributed by atoms with E-state index in [9.17, 15) is 0 Å². The van der Waals surface area contributed by atoms with Crippen molar-refractivity contribution in [3.8, 4) is 0 Å². The summed E-state index contributed by atoms with van der Waals surface area (Å²) in [6, 6.07) is 11.4. The van der Waals surface area contributed by atoms with Crippen molar-refractivity contribution in [2.75, 3.05) is 0 Å². The quantitative estimate of drug-likeness (QED) is 0.541. The Morgan fingerprint density at radius 2 is 1.78 bits per heavy atom. The van der Waals surface area contributed by atoms with Crippen molar-refractivity contribution in [1.82, 2.24) is 0 Å². The zero-order valence-corrected chi connectivity index (χ0v) is 13.4. The summed E-state index contributed by atoms with van der Waals surface area (Å²) in [5.74, 6) is 0. The summed E-state index contributed by atoms with van der Waals surface area (Å²) in [6.07, 6.45) is 0. The average Bonchev–Trinajstić information content (AvgIpc) is 2.32. The Labute approximate surface area is 130 Å². The van der Waals surface area contributed by atoms with Crippen molar-refractivity contribution in [3.05, 3.63) is 67.6 Å². The maximum Gasteiger partial charge on any atom is 0.0849 e. The normalized spacial score (nSPS) is 12.5. The average molecular weight is 364 g/mol. The fourth-order valence-corrected chi connectivity index (χ4v) is 2.86. The van der Waals surface area contributed by atoms with E-state index in [4.69, 9.17) is 34.8 Å². The van der Waals surface area contributed by atoms with E-state index in [1.165, 1.54) is 0 Å². The lowest BCUT2D eigenvalue weighted by Gasteiger charge is -2.13. The van der Waals surface area contributed by atoms with E-state index < -0.39 is 0 Å². The largest absolute Gasteiger partial charge is 0.113 e. The van der Waals surface area contributed by atoms with Gasteiger partial charge < -0.3 is 0 Å². The van der Waals surface area contributed by atoms with E-state index in [1.54, 1.807) is 12.1 Å². The Hall–Kier alpha value is -0.210. The predicted molar refractivity (Wildman–Crippen MR) is 83.0 cm³/mol. The molecule has 0 amide bonds. The molecule has 0 saturated carbocycles. The first kappa shape index (κ1) is 14.2. The highest BCUT2D eigenvalue weighted by molar-refractivity contribution is 9.10. The first-order chi connectivity index (χ1) is 8.49. The molecule has 0 aliphatic heterocycles. The summed E-state index contributed by atoms with van der Waals surface area (Å²) in [5.41, 5.74) is 3.02. The van der Waals surface area contributed by atoms with Crippen LogP contribution in [0.1, 0.15) is 22.1 Å². The number of alkyl halides is 1. The molecule has 2 aromatic rings. The van der Waals surface area contributed by atoms with Crippen molar-refractivity contribution in [2.24, 2.45) is 0 Å². The Morgan fingerprint density at radius 1 is 1.06 bits per heavy atom. The van der Waals surface area contributed by atoms with Gasteiger partial charge in [0, 0.05) is 14.5 Å². The maximum absolute atomic E-state index is 6.47. The van der Waals surface area contributed by atoms with Crippen LogP contribution in [-0.4, -0.2) is 0 Å². The van der Waals surface area contributed by atoms with Gasteiger partial charge in [0.25, 0.3) is 0 Å². The molecule has 0 radical (unpaired) electrons. The van der Waals surface area contributed by atoms with Crippen LogP contribution < -0.4 is 0 Å². The third-order valence-corrected chi connectivity index (χ3v) is 4.65. The van der Waals surface area contributed by atoms with E-state index in [0.717, 1.165) is 21.2 Å². The van der Waals surface area contributed by atoms with Crippen LogP contribution in [0.5, 0.6) is 0 Å². The number of hydrogen-bond donors (Lipinski definition) is 0. The minimum Gasteiger partial charge on any atom is -0.113 e. The molecular weight excluding hydrogens is 354 g/mol. The van der Waals surface area contributed by atoms with Crippen molar-refractivity contribution >= 4 is 50.7 Å². The van der Waals surface area contributed by atoms with E-state index in [2.05, 4.69) is 15.9 Å². The molecule has 0 nitrogen and oxygen atoms in total. The highest BCUT2D eigenvalue weighted by atomic mass is 79.9. The maximum atomic E-state index is 6.47. The summed E-state index contributed by atoms with van der Waals surface area (Å²) in [4.78, 5) is 0. The number of rotatable bonds is 2. The Morgan fingerprint density at radius 3 is 2.39 bits per heavy atom. The van der Waals surface area contributed by atoms with Gasteiger partial charge in [0.1, 0.15) is 0 Å². The molecule has 18 heavy (non-hydrogen) atoms. The van der Waals surface area contributed by atoms with Crippen molar-refractivity contribution in [1.29, 1.82) is 0 Å². The minimum absolute atomic E-state index is 0.276. The van der Waals surface area contributed by atoms with Crippen LogP contribution >= 0.6 is 50.7 Å². The first-order valence-electron chi connectivity index (χ1n) is 5.34. The monoisotopic (exact) mass is 362 g/mol. The van der Waals surface area contributed by atoms with E-state index in [0.29, 0.717) is 10.0 Å². The Balaban J connectivity index is 2.41. The standard InChI is InChI=1S/C14H10BrCl3/c1-8-6-9(2-5-12(8)15)14(18)11-4-3-10(16)7-13(11)17/h2-7,14H,1H3. The van der Waals surface area contributed by atoms with E-state index >= 15 is 0 Å². The number of halogens is 4. The molecule has 0 heterocycles. The number of hydrogen-bond acceptors (Lipinski definition) is 0. The summed E-state index contributed by atoms with van der Waals surface area (Å²) >= 11 is 22.0. The molecule has 0 fully saturated rings. The van der Waals surface area contributed by atoms with Crippen molar-refractivity contribution < 1.29 is 0 Å².